The van der Waals surface area contributed by atoms with Gasteiger partial charge in [-0.05, 0) is 424 Å². The van der Waals surface area contributed by atoms with Gasteiger partial charge >= 0.3 is 0 Å². The van der Waals surface area contributed by atoms with Crippen LogP contribution >= 0.6 is 11.6 Å². The zero-order chi connectivity index (χ0) is 82.9. The predicted molar refractivity (Wildman–Crippen MR) is 506 cm³/mol. The number of phenolic OH excluding ortho intramolecular Hbond substituents is 1. The van der Waals surface area contributed by atoms with E-state index in [9.17, 15) is 5.11 Å². The molecule has 3 heteroatoms. The Kier molecular flexibility index (Phi) is 20.6. The van der Waals surface area contributed by atoms with Gasteiger partial charge in [0.15, 0.2) is 0 Å². The highest BCUT2D eigenvalue weighted by molar-refractivity contribution is 6.34. The third kappa shape index (κ3) is 14.4. The van der Waals surface area contributed by atoms with Crippen LogP contribution in [0, 0.1) is 125 Å². The quantitative estimate of drug-likeness (QED) is 0.149. The maximum absolute atomic E-state index is 13.2. The lowest BCUT2D eigenvalue weighted by molar-refractivity contribution is 0.487. The lowest BCUT2D eigenvalue weighted by Gasteiger charge is -2.22. The van der Waals surface area contributed by atoms with Crippen LogP contribution in [0.15, 0.2) is 133 Å². The van der Waals surface area contributed by atoms with E-state index in [0.29, 0.717) is 5.02 Å². The van der Waals surface area contributed by atoms with E-state index in [-0.39, 0.29) is 32.8 Å². The highest BCUT2D eigenvalue weighted by atomic mass is 35.5. The fourth-order valence-electron chi connectivity index (χ4n) is 19.3. The second kappa shape index (κ2) is 28.5. The molecule has 0 radical (unpaired) electrons. The maximum atomic E-state index is 13.2. The minimum atomic E-state index is -0.161. The molecule has 0 spiro atoms. The standard InChI is InChI=1S/C110H124ClNO/c1-56-34-74-35-57(2)93(56)78-42-82(50-86(46-78)106(19,20)21)97-64(9)68(13)99(69(14)65(97)10)84-44-80(48-88(52-84)108(25,26)27)95-60(5)38-76(39-61(95)6)101-72(17)103(111)73(18)102(105(101)113)77-40-62(7)96(63(8)41-77)81-45-85(53-89(49-81)109(28,29)30)100-70(15)66(11)98(67(12)71(100)16)83-43-79(47-87(51-83)107(22,23)24)94-58(3)36-75(37-59(94)4)92-55-90(110(31,32)33)54-91(74)104(92)112/h34-55,113H,112H2,1-33H3. The molecule has 28 aromatic rings. The van der Waals surface area contributed by atoms with Crippen LogP contribution in [0.25, 0.3) is 129 Å². The van der Waals surface area contributed by atoms with Crippen LogP contribution < -0.4 is 5.73 Å². The van der Waals surface area contributed by atoms with Gasteiger partial charge in [-0.2, -0.15) is 0 Å². The Balaban J connectivity index is 1.21. The molecule has 0 heterocycles. The number of aryl methyl sites for hydroxylation is 18. The molecular weight excluding hydrogens is 1390 g/mol. The molecule has 0 saturated heterocycles. The van der Waals surface area contributed by atoms with Crippen molar-refractivity contribution in [3.05, 3.63) is 266 Å². The average Bonchev–Trinajstić information content (AvgIpc) is 0.743. The predicted octanol–water partition coefficient (Wildman–Crippen LogP) is 32.6. The van der Waals surface area contributed by atoms with Crippen LogP contribution in [-0.4, -0.2) is 5.11 Å². The van der Waals surface area contributed by atoms with Crippen molar-refractivity contribution in [1.82, 2.24) is 0 Å². The van der Waals surface area contributed by atoms with Gasteiger partial charge < -0.3 is 10.8 Å². The summed E-state index contributed by atoms with van der Waals surface area (Å²) in [6, 6.07) is 52.8. The van der Waals surface area contributed by atoms with Crippen molar-refractivity contribution in [2.45, 2.75) is 256 Å². The fraction of sp³-hybridized carbons (Fsp3) is 0.345. The van der Waals surface area contributed by atoms with E-state index in [0.717, 1.165) is 82.2 Å². The van der Waals surface area contributed by atoms with Gasteiger partial charge in [-0.1, -0.05) is 213 Å². The molecule has 0 saturated carbocycles. The van der Waals surface area contributed by atoms with Crippen LogP contribution in [0.1, 0.15) is 232 Å². The summed E-state index contributed by atoms with van der Waals surface area (Å²) in [5, 5.41) is 41.4. The van der Waals surface area contributed by atoms with E-state index in [2.05, 4.69) is 362 Å². The summed E-state index contributed by atoms with van der Waals surface area (Å²) in [5.41, 5.74) is 35.6. The molecule has 28 rings (SSSR count). The first-order valence-corrected chi connectivity index (χ1v) is 41.5. The zero-order valence-electron chi connectivity index (χ0n) is 74.6. The van der Waals surface area contributed by atoms with Gasteiger partial charge in [0.2, 0.25) is 0 Å². The van der Waals surface area contributed by atoms with Gasteiger partial charge in [-0.3, -0.25) is 0 Å². The van der Waals surface area contributed by atoms with Crippen molar-refractivity contribution in [2.75, 3.05) is 5.73 Å². The Morgan fingerprint density at radius 1 is 0.204 bits per heavy atom. The molecular formula is C110H124ClNO. The number of phenols is 1. The normalized spacial score (nSPS) is 12.6. The molecule has 0 aliphatic heterocycles. The number of nitrogen functional groups attached to an aromatic ring is 1. The number of nitrogens with two attached hydrogens (primary N) is 1. The van der Waals surface area contributed by atoms with Crippen molar-refractivity contribution in [3.63, 3.8) is 0 Å². The Morgan fingerprint density at radius 2 is 0.363 bits per heavy atom. The van der Waals surface area contributed by atoms with E-state index >= 15 is 0 Å². The molecule has 0 aromatic heterocycles. The minimum absolute atomic E-state index is 0.135. The molecule has 24 bridgehead atoms. The zero-order valence-corrected chi connectivity index (χ0v) is 75.4. The molecule has 0 atom stereocenters. The van der Waals surface area contributed by atoms with E-state index in [4.69, 9.17) is 17.3 Å². The van der Waals surface area contributed by atoms with Gasteiger partial charge in [0.05, 0.1) is 0 Å². The van der Waals surface area contributed by atoms with E-state index in [1.807, 2.05) is 0 Å². The third-order valence-electron chi connectivity index (χ3n) is 26.0. The van der Waals surface area contributed by atoms with Crippen molar-refractivity contribution in [2.24, 2.45) is 0 Å². The Hall–Kier alpha value is -9.47. The van der Waals surface area contributed by atoms with E-state index in [1.54, 1.807) is 0 Å². The van der Waals surface area contributed by atoms with E-state index in [1.165, 1.54) is 181 Å². The van der Waals surface area contributed by atoms with Crippen molar-refractivity contribution < 1.29 is 5.11 Å². The first kappa shape index (κ1) is 81.5. The maximum Gasteiger partial charge on any atom is 0.131 e. The molecule has 2 nitrogen and oxygen atoms in total. The summed E-state index contributed by atoms with van der Waals surface area (Å²) in [5.74, 6) is 0.245. The summed E-state index contributed by atoms with van der Waals surface area (Å²) in [7, 11) is 0. The monoisotopic (exact) mass is 1510 g/mol. The second-order valence-corrected chi connectivity index (χ2v) is 39.9. The number of anilines is 1. The van der Waals surface area contributed by atoms with Gasteiger partial charge in [-0.25, -0.2) is 0 Å². The summed E-state index contributed by atoms with van der Waals surface area (Å²) in [6.45, 7) is 76.1. The lowest BCUT2D eigenvalue weighted by atomic mass is 9.82. The SMILES string of the molecule is Cc1cc2cc(C)c1c1cc(C(C)(C)C)cc(c1)c1c(C)c(C)c(c(C)c1C)c1cc(C(C)(C)C)cc(c1)c1c(C)cc(cc1C)c1c(C)c(Cl)c(C)c(c1O)c1cc(C)c(c(C)c1)c1cc(C(C)(C)C)cc(c1)c1c(C)c(C)c(c(C)c1C)c1cc(C(C)(C)C)cc(c1)c1c(C)cc(cc1C)c1cc(C(C)(C)C)cc2c1N. The molecule has 0 fully saturated rings. The van der Waals surface area contributed by atoms with Gasteiger partial charge in [0.25, 0.3) is 0 Å². The number of benzene rings is 12. The van der Waals surface area contributed by atoms with Gasteiger partial charge in [0.1, 0.15) is 5.75 Å². The van der Waals surface area contributed by atoms with E-state index < -0.39 is 0 Å². The second-order valence-electron chi connectivity index (χ2n) is 39.5. The van der Waals surface area contributed by atoms with Crippen LogP contribution in [0.3, 0.4) is 0 Å². The molecule has 0 unspecified atom stereocenters. The average molecular weight is 1510 g/mol. The molecule has 113 heavy (non-hydrogen) atoms. The van der Waals surface area contributed by atoms with Crippen LogP contribution in [-0.2, 0) is 27.1 Å². The number of rotatable bonds is 0. The number of hydrogen-bond donors (Lipinski definition) is 2. The van der Waals surface area contributed by atoms with Crippen LogP contribution in [0.4, 0.5) is 5.69 Å². The third-order valence-corrected chi connectivity index (χ3v) is 26.6. The molecule has 0 amide bonds. The number of hydrogen-bond acceptors (Lipinski definition) is 2. The summed E-state index contributed by atoms with van der Waals surface area (Å²) in [6.07, 6.45) is 0. The Morgan fingerprint density at radius 3 is 0.549 bits per heavy atom. The van der Waals surface area contributed by atoms with Gasteiger partial charge in [-0.15, -0.1) is 0 Å². The lowest BCUT2D eigenvalue weighted by Crippen LogP contribution is -2.11. The number of aromatic hydroxyl groups is 1. The summed E-state index contributed by atoms with van der Waals surface area (Å²) in [4.78, 5) is 0. The highest BCUT2D eigenvalue weighted by Gasteiger charge is 2.26. The van der Waals surface area contributed by atoms with Crippen molar-refractivity contribution >= 4 is 147 Å². The van der Waals surface area contributed by atoms with Gasteiger partial charge in [0, 0.05) is 32.3 Å². The molecule has 28 aromatic carbocycles. The first-order chi connectivity index (χ1) is 52.4. The Bertz CT molecular complexity index is 6200. The van der Waals surface area contributed by atoms with Crippen molar-refractivity contribution in [1.29, 1.82) is 0 Å². The largest absolute Gasteiger partial charge is 0.507 e. The first-order valence-electron chi connectivity index (χ1n) is 41.2. The number of halogens is 1. The minimum Gasteiger partial charge on any atom is -0.507 e. The highest BCUT2D eigenvalue weighted by Crippen LogP contribution is 2.47. The molecule has 582 valence electrons. The van der Waals surface area contributed by atoms with Crippen molar-refractivity contribution in [3.8, 4) is 5.75 Å². The topological polar surface area (TPSA) is 46.2 Å². The van der Waals surface area contributed by atoms with Crippen LogP contribution in [0.2, 0.25) is 5.02 Å². The molecule has 0 aliphatic carbocycles. The smallest absolute Gasteiger partial charge is 0.131 e. The summed E-state index contributed by atoms with van der Waals surface area (Å²) >= 11 is 7.59. The molecule has 0 aliphatic rings. The fourth-order valence-corrected chi connectivity index (χ4v) is 19.5. The summed E-state index contributed by atoms with van der Waals surface area (Å²) < 4.78 is 0. The van der Waals surface area contributed by atoms with Crippen LogP contribution in [0.5, 0.6) is 5.75 Å². The molecule has 3 N–H and O–H groups in total. The Labute approximate surface area is 680 Å².